The minimum Gasteiger partial charge on any atom is -0.490 e. The molecule has 10 heteroatoms. The van der Waals surface area contributed by atoms with Gasteiger partial charge in [0.25, 0.3) is 5.69 Å². The van der Waals surface area contributed by atoms with E-state index in [1.807, 2.05) is 33.8 Å². The molecular weight excluding hydrogens is 430 g/mol. The van der Waals surface area contributed by atoms with Crippen molar-refractivity contribution in [2.24, 2.45) is 0 Å². The summed E-state index contributed by atoms with van der Waals surface area (Å²) in [5.74, 6) is 0.413. The predicted octanol–water partition coefficient (Wildman–Crippen LogP) is 4.09. The van der Waals surface area contributed by atoms with Gasteiger partial charge in [-0.15, -0.1) is 0 Å². The summed E-state index contributed by atoms with van der Waals surface area (Å²) in [4.78, 5) is 25.2. The molecule has 0 saturated carbocycles. The lowest BCUT2D eigenvalue weighted by molar-refractivity contribution is -0.384. The van der Waals surface area contributed by atoms with Gasteiger partial charge in [0, 0.05) is 32.3 Å². The van der Waals surface area contributed by atoms with Crippen molar-refractivity contribution in [3.05, 3.63) is 33.9 Å². The minimum absolute atomic E-state index is 0.0531. The fraction of sp³-hybridized carbons (Fsp3) is 0.609. The first-order valence-corrected chi connectivity index (χ1v) is 11.1. The number of amides is 1. The van der Waals surface area contributed by atoms with Crippen molar-refractivity contribution in [2.45, 2.75) is 39.7 Å². The summed E-state index contributed by atoms with van der Waals surface area (Å²) < 4.78 is 21.7. The second kappa shape index (κ2) is 12.4. The Balaban J connectivity index is 2.24. The molecule has 1 N–H and O–H groups in total. The third kappa shape index (κ3) is 8.21. The fourth-order valence-corrected chi connectivity index (χ4v) is 3.28. The molecule has 0 atom stereocenters. The number of benzene rings is 1. The van der Waals surface area contributed by atoms with Gasteiger partial charge in [0.05, 0.1) is 30.8 Å². The van der Waals surface area contributed by atoms with E-state index in [1.165, 1.54) is 6.07 Å². The van der Waals surface area contributed by atoms with Gasteiger partial charge in [-0.1, -0.05) is 6.08 Å². The highest BCUT2D eigenvalue weighted by Crippen LogP contribution is 2.38. The van der Waals surface area contributed by atoms with Crippen LogP contribution in [0.3, 0.4) is 0 Å². The molecule has 2 rings (SSSR count). The molecule has 0 radical (unpaired) electrons. The maximum Gasteiger partial charge on any atom is 0.410 e. The molecule has 1 aliphatic heterocycles. The van der Waals surface area contributed by atoms with Crippen LogP contribution >= 0.6 is 0 Å². The van der Waals surface area contributed by atoms with Crippen LogP contribution in [0.5, 0.6) is 5.75 Å². The lowest BCUT2D eigenvalue weighted by Crippen LogP contribution is -2.39. The largest absolute Gasteiger partial charge is 0.490 e. The van der Waals surface area contributed by atoms with Crippen molar-refractivity contribution in [2.75, 3.05) is 58.5 Å². The third-order valence-corrected chi connectivity index (χ3v) is 4.79. The van der Waals surface area contributed by atoms with E-state index >= 15 is 0 Å². The summed E-state index contributed by atoms with van der Waals surface area (Å²) in [6, 6.07) is 3.20. The van der Waals surface area contributed by atoms with Crippen LogP contribution in [-0.2, 0) is 14.2 Å². The summed E-state index contributed by atoms with van der Waals surface area (Å²) in [5.41, 5.74) is 1.53. The van der Waals surface area contributed by atoms with Crippen LogP contribution in [-0.4, -0.2) is 74.7 Å². The van der Waals surface area contributed by atoms with Crippen LogP contribution in [0.2, 0.25) is 0 Å². The van der Waals surface area contributed by atoms with Crippen molar-refractivity contribution >= 4 is 23.0 Å². The highest BCUT2D eigenvalue weighted by molar-refractivity contribution is 5.80. The van der Waals surface area contributed by atoms with E-state index < -0.39 is 10.5 Å². The number of hydrogen-bond acceptors (Lipinski definition) is 8. The van der Waals surface area contributed by atoms with E-state index in [-0.39, 0.29) is 18.4 Å². The average Bonchev–Trinajstić information content (AvgIpc) is 2.75. The molecule has 1 heterocycles. The van der Waals surface area contributed by atoms with Crippen molar-refractivity contribution in [1.29, 1.82) is 0 Å². The number of methoxy groups -OCH3 is 1. The van der Waals surface area contributed by atoms with Gasteiger partial charge in [0.1, 0.15) is 23.6 Å². The maximum atomic E-state index is 12.4. The van der Waals surface area contributed by atoms with Crippen molar-refractivity contribution in [3.63, 3.8) is 0 Å². The zero-order valence-electron chi connectivity index (χ0n) is 20.1. The molecule has 1 aliphatic rings. The van der Waals surface area contributed by atoms with Crippen LogP contribution < -0.4 is 10.1 Å². The molecule has 184 valence electrons. The molecule has 33 heavy (non-hydrogen) atoms. The first-order valence-electron chi connectivity index (χ1n) is 11.1. The zero-order valence-corrected chi connectivity index (χ0v) is 20.1. The second-order valence-electron chi connectivity index (χ2n) is 8.51. The standard InChI is InChI=1S/C23H35N3O7/c1-6-24-19-15-18(17-7-9-25(10-8-17)22(27)33-23(2,3)4)21(16-20(19)26(28)29)32-14-13-31-12-11-30-5/h7,15-16,24H,6,8-14H2,1-5H3. The van der Waals surface area contributed by atoms with Crippen LogP contribution in [0.1, 0.15) is 39.7 Å². The number of nitrogens with one attached hydrogen (secondary N) is 1. The molecule has 1 amide bonds. The van der Waals surface area contributed by atoms with E-state index in [1.54, 1.807) is 18.1 Å². The van der Waals surface area contributed by atoms with E-state index in [0.717, 1.165) is 11.1 Å². The van der Waals surface area contributed by atoms with Crippen LogP contribution in [0.25, 0.3) is 5.57 Å². The van der Waals surface area contributed by atoms with E-state index in [0.29, 0.717) is 57.3 Å². The van der Waals surface area contributed by atoms with Gasteiger partial charge in [-0.25, -0.2) is 4.79 Å². The van der Waals surface area contributed by atoms with Gasteiger partial charge in [-0.05, 0) is 45.8 Å². The zero-order chi connectivity index (χ0) is 24.4. The van der Waals surface area contributed by atoms with Gasteiger partial charge in [-0.2, -0.15) is 0 Å². The number of nitro benzene ring substituents is 1. The Kier molecular flexibility index (Phi) is 9.93. The smallest absolute Gasteiger partial charge is 0.410 e. The molecule has 0 bridgehead atoms. The summed E-state index contributed by atoms with van der Waals surface area (Å²) >= 11 is 0. The summed E-state index contributed by atoms with van der Waals surface area (Å²) in [6.07, 6.45) is 2.15. The summed E-state index contributed by atoms with van der Waals surface area (Å²) in [6.45, 7) is 10.3. The molecular formula is C23H35N3O7. The topological polar surface area (TPSA) is 112 Å². The number of nitrogens with zero attached hydrogens (tertiary/aromatic N) is 2. The summed E-state index contributed by atoms with van der Waals surface area (Å²) in [7, 11) is 1.60. The molecule has 10 nitrogen and oxygen atoms in total. The van der Waals surface area contributed by atoms with Gasteiger partial charge >= 0.3 is 6.09 Å². The van der Waals surface area contributed by atoms with Crippen molar-refractivity contribution in [3.8, 4) is 5.75 Å². The monoisotopic (exact) mass is 465 g/mol. The first-order chi connectivity index (χ1) is 15.7. The van der Waals surface area contributed by atoms with E-state index in [2.05, 4.69) is 5.32 Å². The maximum absolute atomic E-state index is 12.4. The Bertz CT molecular complexity index is 849. The molecule has 0 spiro atoms. The lowest BCUT2D eigenvalue weighted by Gasteiger charge is -2.30. The van der Waals surface area contributed by atoms with Gasteiger partial charge < -0.3 is 29.2 Å². The Morgan fingerprint density at radius 2 is 1.94 bits per heavy atom. The lowest BCUT2D eigenvalue weighted by atomic mass is 9.97. The average molecular weight is 466 g/mol. The van der Waals surface area contributed by atoms with Crippen LogP contribution in [0, 0.1) is 10.1 Å². The molecule has 1 aromatic carbocycles. The fourth-order valence-electron chi connectivity index (χ4n) is 3.28. The molecule has 0 saturated heterocycles. The number of anilines is 1. The number of ether oxygens (including phenoxy) is 4. The van der Waals surface area contributed by atoms with Gasteiger partial charge in [0.2, 0.25) is 0 Å². The minimum atomic E-state index is -0.563. The SMILES string of the molecule is CCNc1cc(C2=CCN(C(=O)OC(C)(C)C)CC2)c(OCCOCCOC)cc1[N+](=O)[O-]. The molecule has 0 unspecified atom stereocenters. The molecule has 0 aliphatic carbocycles. The number of carbonyl (C=O) groups is 1. The number of rotatable bonds is 11. The summed E-state index contributed by atoms with van der Waals surface area (Å²) in [5, 5.41) is 14.7. The first kappa shape index (κ1) is 26.4. The van der Waals surface area contributed by atoms with Crippen molar-refractivity contribution in [1.82, 2.24) is 4.90 Å². The Labute approximate surface area is 195 Å². The third-order valence-electron chi connectivity index (χ3n) is 4.79. The highest BCUT2D eigenvalue weighted by Gasteiger charge is 2.26. The number of nitro groups is 1. The van der Waals surface area contributed by atoms with Crippen LogP contribution in [0.15, 0.2) is 18.2 Å². The Morgan fingerprint density at radius 1 is 1.21 bits per heavy atom. The predicted molar refractivity (Wildman–Crippen MR) is 126 cm³/mol. The highest BCUT2D eigenvalue weighted by atomic mass is 16.6. The second-order valence-corrected chi connectivity index (χ2v) is 8.51. The molecule has 0 aromatic heterocycles. The number of hydrogen-bond donors (Lipinski definition) is 1. The van der Waals surface area contributed by atoms with Gasteiger partial charge in [-0.3, -0.25) is 10.1 Å². The molecule has 1 aromatic rings. The number of carbonyl (C=O) groups excluding carboxylic acids is 1. The quantitative estimate of drug-likeness (QED) is 0.295. The van der Waals surface area contributed by atoms with E-state index in [9.17, 15) is 14.9 Å². The van der Waals surface area contributed by atoms with Crippen LogP contribution in [0.4, 0.5) is 16.2 Å². The normalized spacial score (nSPS) is 14.0. The molecule has 0 fully saturated rings. The van der Waals surface area contributed by atoms with Gasteiger partial charge in [0.15, 0.2) is 0 Å². The van der Waals surface area contributed by atoms with E-state index in [4.69, 9.17) is 18.9 Å². The Morgan fingerprint density at radius 3 is 2.52 bits per heavy atom. The van der Waals surface area contributed by atoms with Crippen molar-refractivity contribution < 1.29 is 28.7 Å². The Hall–Kier alpha value is -2.85.